The molecular weight excluding hydrogens is 231 g/mol. The Morgan fingerprint density at radius 2 is 2.28 bits per heavy atom. The Labute approximate surface area is 107 Å². The molecular formula is C14H19FN2O. The molecule has 1 amide bonds. The average molecular weight is 250 g/mol. The molecule has 1 saturated carbocycles. The van der Waals surface area contributed by atoms with Crippen molar-refractivity contribution in [2.24, 2.45) is 0 Å². The second-order valence-electron chi connectivity index (χ2n) is 4.82. The number of halogens is 1. The molecule has 0 spiro atoms. The normalized spacial score (nSPS) is 16.3. The summed E-state index contributed by atoms with van der Waals surface area (Å²) in [4.78, 5) is 11.7. The van der Waals surface area contributed by atoms with Crippen LogP contribution in [0.3, 0.4) is 0 Å². The van der Waals surface area contributed by atoms with E-state index in [0.717, 1.165) is 5.56 Å². The van der Waals surface area contributed by atoms with Gasteiger partial charge in [-0.2, -0.15) is 0 Å². The van der Waals surface area contributed by atoms with E-state index >= 15 is 0 Å². The minimum atomic E-state index is -0.274. The van der Waals surface area contributed by atoms with Crippen LogP contribution in [-0.2, 0) is 4.79 Å². The molecule has 3 nitrogen and oxygen atoms in total. The molecule has 0 saturated heterocycles. The minimum absolute atomic E-state index is 0.0000822. The zero-order valence-corrected chi connectivity index (χ0v) is 10.6. The van der Waals surface area contributed by atoms with Crippen LogP contribution in [0.1, 0.15) is 37.8 Å². The Bertz CT molecular complexity index is 418. The first kappa shape index (κ1) is 13.0. The molecule has 0 aliphatic heterocycles. The molecule has 4 heteroatoms. The summed E-state index contributed by atoms with van der Waals surface area (Å²) in [6.45, 7) is 2.58. The van der Waals surface area contributed by atoms with Crippen molar-refractivity contribution in [3.63, 3.8) is 0 Å². The predicted molar refractivity (Wildman–Crippen MR) is 68.6 cm³/mol. The fourth-order valence-corrected chi connectivity index (χ4v) is 1.85. The summed E-state index contributed by atoms with van der Waals surface area (Å²) in [5.74, 6) is -0.274. The Morgan fingerprint density at radius 1 is 1.50 bits per heavy atom. The van der Waals surface area contributed by atoms with E-state index in [1.165, 1.54) is 25.0 Å². The van der Waals surface area contributed by atoms with E-state index in [9.17, 15) is 9.18 Å². The smallest absolute Gasteiger partial charge is 0.221 e. The highest BCUT2D eigenvalue weighted by atomic mass is 19.1. The van der Waals surface area contributed by atoms with Crippen LogP contribution in [0.2, 0.25) is 0 Å². The van der Waals surface area contributed by atoms with E-state index in [4.69, 9.17) is 0 Å². The number of rotatable bonds is 6. The number of hydrogen-bond donors (Lipinski definition) is 2. The van der Waals surface area contributed by atoms with Gasteiger partial charge in [0, 0.05) is 19.0 Å². The summed E-state index contributed by atoms with van der Waals surface area (Å²) in [6, 6.07) is 6.79. The van der Waals surface area contributed by atoms with Crippen molar-refractivity contribution in [3.05, 3.63) is 35.6 Å². The Balaban J connectivity index is 1.75. The van der Waals surface area contributed by atoms with Crippen LogP contribution >= 0.6 is 0 Å². The number of carbonyl (C=O) groups is 1. The lowest BCUT2D eigenvalue weighted by atomic mass is 10.1. The van der Waals surface area contributed by atoms with Crippen LogP contribution in [0.5, 0.6) is 0 Å². The molecule has 98 valence electrons. The van der Waals surface area contributed by atoms with Gasteiger partial charge in [0.1, 0.15) is 5.82 Å². The SMILES string of the molecule is C[C@@H](NC(=O)CCNC1CC1)c1cccc(F)c1. The minimum Gasteiger partial charge on any atom is -0.350 e. The van der Waals surface area contributed by atoms with Crippen molar-refractivity contribution in [2.45, 2.75) is 38.3 Å². The molecule has 0 unspecified atom stereocenters. The van der Waals surface area contributed by atoms with E-state index in [1.54, 1.807) is 6.07 Å². The van der Waals surface area contributed by atoms with E-state index in [1.807, 2.05) is 13.0 Å². The first-order valence-corrected chi connectivity index (χ1v) is 6.43. The van der Waals surface area contributed by atoms with E-state index in [-0.39, 0.29) is 17.8 Å². The van der Waals surface area contributed by atoms with Crippen molar-refractivity contribution >= 4 is 5.91 Å². The Kier molecular flexibility index (Phi) is 4.31. The standard InChI is InChI=1S/C14H19FN2O/c1-10(11-3-2-4-12(15)9-11)17-14(18)7-8-16-13-5-6-13/h2-4,9-10,13,16H,5-8H2,1H3,(H,17,18)/t10-/m1/s1. The van der Waals surface area contributed by atoms with Crippen molar-refractivity contribution in [2.75, 3.05) is 6.54 Å². The third kappa shape index (κ3) is 4.11. The molecule has 1 aromatic carbocycles. The van der Waals surface area contributed by atoms with Crippen LogP contribution in [0.15, 0.2) is 24.3 Å². The number of hydrogen-bond acceptors (Lipinski definition) is 2. The fraction of sp³-hybridized carbons (Fsp3) is 0.500. The highest BCUT2D eigenvalue weighted by molar-refractivity contribution is 5.76. The molecule has 1 atom stereocenters. The first-order chi connectivity index (χ1) is 8.65. The molecule has 0 bridgehead atoms. The van der Waals surface area contributed by atoms with E-state index in [2.05, 4.69) is 10.6 Å². The summed E-state index contributed by atoms with van der Waals surface area (Å²) in [7, 11) is 0. The summed E-state index contributed by atoms with van der Waals surface area (Å²) in [5.41, 5.74) is 0.790. The molecule has 1 aliphatic rings. The maximum atomic E-state index is 13.0. The van der Waals surface area contributed by atoms with Crippen LogP contribution in [0, 0.1) is 5.82 Å². The summed E-state index contributed by atoms with van der Waals surface area (Å²) < 4.78 is 13.0. The van der Waals surface area contributed by atoms with Gasteiger partial charge in [0.05, 0.1) is 6.04 Å². The van der Waals surface area contributed by atoms with Crippen LogP contribution in [0.25, 0.3) is 0 Å². The lowest BCUT2D eigenvalue weighted by Crippen LogP contribution is -2.30. The van der Waals surface area contributed by atoms with Gasteiger partial charge in [-0.25, -0.2) is 4.39 Å². The summed E-state index contributed by atoms with van der Waals surface area (Å²) in [5, 5.41) is 6.16. The molecule has 0 heterocycles. The molecule has 1 fully saturated rings. The molecule has 1 aliphatic carbocycles. The van der Waals surface area contributed by atoms with E-state index < -0.39 is 0 Å². The molecule has 2 N–H and O–H groups in total. The van der Waals surface area contributed by atoms with Crippen molar-refractivity contribution in [1.29, 1.82) is 0 Å². The lowest BCUT2D eigenvalue weighted by Gasteiger charge is -2.14. The highest BCUT2D eigenvalue weighted by Crippen LogP contribution is 2.18. The van der Waals surface area contributed by atoms with Gasteiger partial charge in [-0.1, -0.05) is 12.1 Å². The van der Waals surface area contributed by atoms with Crippen LogP contribution in [-0.4, -0.2) is 18.5 Å². The highest BCUT2D eigenvalue weighted by Gasteiger charge is 2.20. The second kappa shape index (κ2) is 5.96. The van der Waals surface area contributed by atoms with Crippen molar-refractivity contribution < 1.29 is 9.18 Å². The van der Waals surface area contributed by atoms with Gasteiger partial charge in [-0.05, 0) is 37.5 Å². The Hall–Kier alpha value is -1.42. The van der Waals surface area contributed by atoms with E-state index in [0.29, 0.717) is 19.0 Å². The van der Waals surface area contributed by atoms with Gasteiger partial charge in [-0.3, -0.25) is 4.79 Å². The molecule has 0 radical (unpaired) electrons. The lowest BCUT2D eigenvalue weighted by molar-refractivity contribution is -0.121. The average Bonchev–Trinajstić information content (AvgIpc) is 3.13. The second-order valence-corrected chi connectivity index (χ2v) is 4.82. The third-order valence-corrected chi connectivity index (χ3v) is 3.09. The van der Waals surface area contributed by atoms with Gasteiger partial charge in [0.2, 0.25) is 5.91 Å². The molecule has 0 aromatic heterocycles. The Morgan fingerprint density at radius 3 is 2.94 bits per heavy atom. The number of carbonyl (C=O) groups excluding carboxylic acids is 1. The largest absolute Gasteiger partial charge is 0.350 e. The van der Waals surface area contributed by atoms with Gasteiger partial charge < -0.3 is 10.6 Å². The first-order valence-electron chi connectivity index (χ1n) is 6.43. The van der Waals surface area contributed by atoms with Crippen LogP contribution < -0.4 is 10.6 Å². The summed E-state index contributed by atoms with van der Waals surface area (Å²) in [6.07, 6.45) is 2.92. The predicted octanol–water partition coefficient (Wildman–Crippen LogP) is 2.14. The number of benzene rings is 1. The monoisotopic (exact) mass is 250 g/mol. The zero-order chi connectivity index (χ0) is 13.0. The quantitative estimate of drug-likeness (QED) is 0.812. The molecule has 18 heavy (non-hydrogen) atoms. The van der Waals surface area contributed by atoms with Gasteiger partial charge in [0.15, 0.2) is 0 Å². The fourth-order valence-electron chi connectivity index (χ4n) is 1.85. The number of amides is 1. The topological polar surface area (TPSA) is 41.1 Å². The number of nitrogens with one attached hydrogen (secondary N) is 2. The summed E-state index contributed by atoms with van der Waals surface area (Å²) >= 11 is 0. The zero-order valence-electron chi connectivity index (χ0n) is 10.6. The maximum Gasteiger partial charge on any atom is 0.221 e. The van der Waals surface area contributed by atoms with Gasteiger partial charge in [0.25, 0.3) is 0 Å². The van der Waals surface area contributed by atoms with Gasteiger partial charge in [-0.15, -0.1) is 0 Å². The van der Waals surface area contributed by atoms with Crippen LogP contribution in [0.4, 0.5) is 4.39 Å². The van der Waals surface area contributed by atoms with Gasteiger partial charge >= 0.3 is 0 Å². The van der Waals surface area contributed by atoms with Crippen molar-refractivity contribution in [3.8, 4) is 0 Å². The molecule has 2 rings (SSSR count). The van der Waals surface area contributed by atoms with Crippen molar-refractivity contribution in [1.82, 2.24) is 10.6 Å². The molecule has 1 aromatic rings. The maximum absolute atomic E-state index is 13.0. The third-order valence-electron chi connectivity index (χ3n) is 3.09.